The number of benzene rings is 1. The van der Waals surface area contributed by atoms with Crippen LogP contribution in [0.15, 0.2) is 30.7 Å². The van der Waals surface area contributed by atoms with Gasteiger partial charge in [0.2, 0.25) is 5.95 Å². The van der Waals surface area contributed by atoms with Gasteiger partial charge in [-0.1, -0.05) is 19.9 Å². The highest BCUT2D eigenvalue weighted by atomic mass is 32.1. The molecule has 2 atom stereocenters. The molecule has 0 bridgehead atoms. The Balaban J connectivity index is 1.60. The van der Waals surface area contributed by atoms with Crippen LogP contribution in [0, 0.1) is 25.2 Å². The SMILES string of the molecule is Cc1cc(Nc2ncnc(C)n2)cc(-c2cnc([C@@]3(O)CC[C@@H](C(=O)O)C(C)(C)C3)s2)c1. The second-order valence-corrected chi connectivity index (χ2v) is 10.3. The molecular weight excluding hydrogens is 426 g/mol. The van der Waals surface area contributed by atoms with Gasteiger partial charge in [0.05, 0.1) is 10.8 Å². The summed E-state index contributed by atoms with van der Waals surface area (Å²) < 4.78 is 0. The van der Waals surface area contributed by atoms with E-state index in [0.29, 0.717) is 36.0 Å². The predicted octanol–water partition coefficient (Wildman–Crippen LogP) is 4.45. The van der Waals surface area contributed by atoms with Crippen molar-refractivity contribution in [3.8, 4) is 10.4 Å². The molecule has 0 aliphatic heterocycles. The van der Waals surface area contributed by atoms with Gasteiger partial charge in [-0.2, -0.15) is 4.98 Å². The Morgan fingerprint density at radius 3 is 2.66 bits per heavy atom. The van der Waals surface area contributed by atoms with Crippen LogP contribution in [0.1, 0.15) is 49.5 Å². The molecule has 2 heterocycles. The summed E-state index contributed by atoms with van der Waals surface area (Å²) in [7, 11) is 0. The first-order valence-electron chi connectivity index (χ1n) is 10.5. The zero-order valence-corrected chi connectivity index (χ0v) is 19.4. The van der Waals surface area contributed by atoms with Gasteiger partial charge in [0.1, 0.15) is 22.8 Å². The number of aliphatic hydroxyl groups is 1. The van der Waals surface area contributed by atoms with E-state index in [2.05, 4.69) is 31.3 Å². The second kappa shape index (κ2) is 8.22. The summed E-state index contributed by atoms with van der Waals surface area (Å²) in [5.41, 5.74) is 1.25. The highest BCUT2D eigenvalue weighted by Crippen LogP contribution is 2.50. The van der Waals surface area contributed by atoms with Gasteiger partial charge in [-0.05, 0) is 61.8 Å². The zero-order valence-electron chi connectivity index (χ0n) is 18.6. The molecule has 3 aromatic rings. The van der Waals surface area contributed by atoms with Gasteiger partial charge in [0.15, 0.2) is 0 Å². The molecule has 0 unspecified atom stereocenters. The third-order valence-electron chi connectivity index (χ3n) is 6.05. The lowest BCUT2D eigenvalue weighted by molar-refractivity contribution is -0.154. The molecule has 0 amide bonds. The minimum atomic E-state index is -1.12. The lowest BCUT2D eigenvalue weighted by Gasteiger charge is -2.44. The second-order valence-electron chi connectivity index (χ2n) is 9.23. The van der Waals surface area contributed by atoms with E-state index < -0.39 is 22.9 Å². The first-order valence-corrected chi connectivity index (χ1v) is 11.3. The fourth-order valence-electron chi connectivity index (χ4n) is 4.57. The van der Waals surface area contributed by atoms with E-state index in [-0.39, 0.29) is 0 Å². The number of thiazole rings is 1. The van der Waals surface area contributed by atoms with E-state index in [1.807, 2.05) is 39.8 Å². The average Bonchev–Trinajstić information content (AvgIpc) is 3.17. The van der Waals surface area contributed by atoms with E-state index in [0.717, 1.165) is 21.7 Å². The van der Waals surface area contributed by atoms with Gasteiger partial charge in [0.25, 0.3) is 0 Å². The molecule has 8 nitrogen and oxygen atoms in total. The molecule has 9 heteroatoms. The molecule has 168 valence electrons. The fraction of sp³-hybridized carbons (Fsp3) is 0.435. The normalized spacial score (nSPS) is 22.5. The van der Waals surface area contributed by atoms with Crippen molar-refractivity contribution in [3.05, 3.63) is 47.1 Å². The number of aryl methyl sites for hydroxylation is 2. The number of anilines is 2. The summed E-state index contributed by atoms with van der Waals surface area (Å²) >= 11 is 1.45. The van der Waals surface area contributed by atoms with Gasteiger partial charge in [0, 0.05) is 11.9 Å². The first-order chi connectivity index (χ1) is 15.1. The molecule has 1 aromatic carbocycles. The number of aromatic nitrogens is 4. The molecule has 32 heavy (non-hydrogen) atoms. The summed E-state index contributed by atoms with van der Waals surface area (Å²) in [6.07, 6.45) is 4.43. The lowest BCUT2D eigenvalue weighted by atomic mass is 9.63. The van der Waals surface area contributed by atoms with E-state index >= 15 is 0 Å². The van der Waals surface area contributed by atoms with Crippen molar-refractivity contribution in [2.24, 2.45) is 11.3 Å². The van der Waals surface area contributed by atoms with Gasteiger partial charge in [-0.15, -0.1) is 11.3 Å². The van der Waals surface area contributed by atoms with Crippen LogP contribution in [0.3, 0.4) is 0 Å². The van der Waals surface area contributed by atoms with Gasteiger partial charge in [-0.25, -0.2) is 15.0 Å². The van der Waals surface area contributed by atoms with Crippen LogP contribution >= 0.6 is 11.3 Å². The van der Waals surface area contributed by atoms with Crippen LogP contribution < -0.4 is 5.32 Å². The fourth-order valence-corrected chi connectivity index (χ4v) is 5.59. The lowest BCUT2D eigenvalue weighted by Crippen LogP contribution is -2.44. The highest BCUT2D eigenvalue weighted by molar-refractivity contribution is 7.15. The standard InChI is InChI=1S/C23H27N5O3S/c1-13-7-15(9-16(8-13)28-21-26-12-25-14(2)27-21)18-10-24-20(32-18)23(31)6-5-17(19(29)30)22(3,4)11-23/h7-10,12,17,31H,5-6,11H2,1-4H3,(H,29,30)(H,25,26,27,28)/t17-,23+/m0/s1. The summed E-state index contributed by atoms with van der Waals surface area (Å²) in [6.45, 7) is 7.64. The molecular formula is C23H27N5O3S. The Morgan fingerprint density at radius 2 is 1.97 bits per heavy atom. The maximum absolute atomic E-state index is 11.6. The molecule has 4 rings (SSSR count). The van der Waals surface area contributed by atoms with Crippen molar-refractivity contribution in [2.75, 3.05) is 5.32 Å². The summed E-state index contributed by atoms with van der Waals surface area (Å²) in [6, 6.07) is 6.07. The van der Waals surface area contributed by atoms with Crippen molar-refractivity contribution >= 4 is 28.9 Å². The third kappa shape index (κ3) is 4.49. The Kier molecular flexibility index (Phi) is 5.72. The molecule has 0 saturated heterocycles. The topological polar surface area (TPSA) is 121 Å². The summed E-state index contributed by atoms with van der Waals surface area (Å²) in [5.74, 6) is -0.154. The number of carbonyl (C=O) groups is 1. The van der Waals surface area contributed by atoms with Crippen LogP contribution in [0.2, 0.25) is 0 Å². The Morgan fingerprint density at radius 1 is 1.19 bits per heavy atom. The number of hydrogen-bond acceptors (Lipinski definition) is 8. The van der Waals surface area contributed by atoms with Crippen molar-refractivity contribution in [3.63, 3.8) is 0 Å². The van der Waals surface area contributed by atoms with Crippen molar-refractivity contribution in [2.45, 2.75) is 52.6 Å². The number of carboxylic acid groups (broad SMARTS) is 1. The molecule has 1 saturated carbocycles. The molecule has 0 radical (unpaired) electrons. The molecule has 1 aliphatic carbocycles. The zero-order chi connectivity index (χ0) is 23.1. The number of nitrogens with zero attached hydrogens (tertiary/aromatic N) is 4. The highest BCUT2D eigenvalue weighted by Gasteiger charge is 2.49. The number of aliphatic carboxylic acids is 1. The quantitative estimate of drug-likeness (QED) is 0.518. The maximum atomic E-state index is 11.6. The van der Waals surface area contributed by atoms with E-state index in [9.17, 15) is 15.0 Å². The van der Waals surface area contributed by atoms with Crippen LogP contribution in [-0.4, -0.2) is 36.1 Å². The monoisotopic (exact) mass is 453 g/mol. The number of carboxylic acids is 1. The number of nitrogens with one attached hydrogen (secondary N) is 1. The van der Waals surface area contributed by atoms with Gasteiger partial charge in [-0.3, -0.25) is 4.79 Å². The van der Waals surface area contributed by atoms with Crippen LogP contribution in [0.4, 0.5) is 11.6 Å². The van der Waals surface area contributed by atoms with E-state index in [4.69, 9.17) is 0 Å². The number of hydrogen-bond donors (Lipinski definition) is 3. The minimum Gasteiger partial charge on any atom is -0.481 e. The van der Waals surface area contributed by atoms with Crippen LogP contribution in [0.5, 0.6) is 0 Å². The minimum absolute atomic E-state index is 0.364. The van der Waals surface area contributed by atoms with Gasteiger partial charge >= 0.3 is 5.97 Å². The smallest absolute Gasteiger partial charge is 0.307 e. The predicted molar refractivity (Wildman–Crippen MR) is 123 cm³/mol. The summed E-state index contributed by atoms with van der Waals surface area (Å²) in [5, 5.41) is 24.8. The average molecular weight is 454 g/mol. The van der Waals surface area contributed by atoms with Gasteiger partial charge < -0.3 is 15.5 Å². The summed E-state index contributed by atoms with van der Waals surface area (Å²) in [4.78, 5) is 29.6. The maximum Gasteiger partial charge on any atom is 0.307 e. The molecule has 1 fully saturated rings. The molecule has 3 N–H and O–H groups in total. The Bertz CT molecular complexity index is 1160. The largest absolute Gasteiger partial charge is 0.481 e. The van der Waals surface area contributed by atoms with Crippen LogP contribution in [-0.2, 0) is 10.4 Å². The molecule has 2 aromatic heterocycles. The third-order valence-corrected chi connectivity index (χ3v) is 7.29. The van der Waals surface area contributed by atoms with E-state index in [1.165, 1.54) is 17.7 Å². The van der Waals surface area contributed by atoms with Crippen molar-refractivity contribution in [1.82, 2.24) is 19.9 Å². The molecule has 1 aliphatic rings. The number of rotatable bonds is 5. The van der Waals surface area contributed by atoms with Crippen molar-refractivity contribution in [1.29, 1.82) is 0 Å². The van der Waals surface area contributed by atoms with Crippen molar-refractivity contribution < 1.29 is 15.0 Å². The Hall–Kier alpha value is -2.91. The first kappa shape index (κ1) is 22.3. The van der Waals surface area contributed by atoms with Crippen LogP contribution in [0.25, 0.3) is 10.4 Å². The van der Waals surface area contributed by atoms with E-state index in [1.54, 1.807) is 6.20 Å². The molecule has 0 spiro atoms. The Labute approximate surface area is 190 Å².